The van der Waals surface area contributed by atoms with E-state index < -0.39 is 5.97 Å². The van der Waals surface area contributed by atoms with Gasteiger partial charge in [0.2, 0.25) is 0 Å². The summed E-state index contributed by atoms with van der Waals surface area (Å²) in [5.41, 5.74) is 3.14. The molecular weight excluding hydrogens is 476 g/mol. The molecule has 0 atom stereocenters. The Hall–Kier alpha value is -4.12. The first kappa shape index (κ1) is 24.6. The lowest BCUT2D eigenvalue weighted by Crippen LogP contribution is -2.38. The van der Waals surface area contributed by atoms with Crippen LogP contribution in [-0.2, 0) is 6.54 Å². The van der Waals surface area contributed by atoms with Crippen LogP contribution in [0.15, 0.2) is 47.4 Å². The van der Waals surface area contributed by atoms with E-state index in [-0.39, 0.29) is 11.6 Å². The fourth-order valence-corrected chi connectivity index (χ4v) is 4.60. The average molecular weight is 507 g/mol. The van der Waals surface area contributed by atoms with Gasteiger partial charge in [-0.1, -0.05) is 0 Å². The van der Waals surface area contributed by atoms with Crippen LogP contribution in [0.5, 0.6) is 11.5 Å². The number of hydrogen-bond donors (Lipinski definition) is 2. The Morgan fingerprint density at radius 2 is 1.86 bits per heavy atom. The first-order valence-corrected chi connectivity index (χ1v) is 12.4. The van der Waals surface area contributed by atoms with Crippen molar-refractivity contribution in [2.24, 2.45) is 0 Å². The SMILES string of the molecule is CCOc1cc(CN2CCC(Nc3nc4cc(C(=O)O)ccc4o3)CC2)cc(OCC)c1-n1cncn1. The Bertz CT molecular complexity index is 1330. The number of fused-ring (bicyclic) bond motifs is 1. The Morgan fingerprint density at radius 3 is 2.49 bits per heavy atom. The summed E-state index contributed by atoms with van der Waals surface area (Å²) in [6.45, 7) is 7.54. The number of nitrogens with zero attached hydrogens (tertiary/aromatic N) is 5. The Balaban J connectivity index is 1.24. The first-order chi connectivity index (χ1) is 18.0. The molecule has 0 bridgehead atoms. The molecular formula is C26H30N6O5. The number of hydrogen-bond acceptors (Lipinski definition) is 9. The number of rotatable bonds is 10. The second-order valence-electron chi connectivity index (χ2n) is 8.85. The molecule has 0 amide bonds. The summed E-state index contributed by atoms with van der Waals surface area (Å²) in [7, 11) is 0. The molecule has 4 aromatic rings. The van der Waals surface area contributed by atoms with Gasteiger partial charge in [0.25, 0.3) is 6.01 Å². The molecule has 2 N–H and O–H groups in total. The number of benzene rings is 2. The average Bonchev–Trinajstić information content (AvgIpc) is 3.55. The number of piperidine rings is 1. The van der Waals surface area contributed by atoms with E-state index in [2.05, 4.69) is 37.4 Å². The van der Waals surface area contributed by atoms with Gasteiger partial charge in [0.1, 0.15) is 29.7 Å². The summed E-state index contributed by atoms with van der Waals surface area (Å²) < 4.78 is 19.4. The Kier molecular flexibility index (Phi) is 7.22. The number of carboxylic acids is 1. The van der Waals surface area contributed by atoms with Gasteiger partial charge in [0.05, 0.1) is 18.8 Å². The van der Waals surface area contributed by atoms with Crippen molar-refractivity contribution in [3.05, 3.63) is 54.1 Å². The third-order valence-electron chi connectivity index (χ3n) is 6.30. The lowest BCUT2D eigenvalue weighted by Gasteiger charge is -2.32. The van der Waals surface area contributed by atoms with Crippen molar-refractivity contribution in [3.63, 3.8) is 0 Å². The number of carbonyl (C=O) groups is 1. The molecule has 11 heteroatoms. The fourth-order valence-electron chi connectivity index (χ4n) is 4.60. The van der Waals surface area contributed by atoms with Crippen molar-refractivity contribution >= 4 is 23.1 Å². The minimum absolute atomic E-state index is 0.190. The molecule has 0 unspecified atom stereocenters. The zero-order valence-corrected chi connectivity index (χ0v) is 20.9. The van der Waals surface area contributed by atoms with Crippen molar-refractivity contribution in [1.29, 1.82) is 0 Å². The standard InChI is InChI=1S/C26H30N6O5/c1-3-35-22-11-17(12-23(36-4-2)24(22)32-16-27-15-28-32)14-31-9-7-19(8-10-31)29-26-30-20-13-18(25(33)34)5-6-21(20)37-26/h5-6,11-13,15-16,19H,3-4,7-10,14H2,1-2H3,(H,29,30)(H,33,34). The first-order valence-electron chi connectivity index (χ1n) is 12.4. The van der Waals surface area contributed by atoms with Crippen LogP contribution in [0.4, 0.5) is 6.01 Å². The highest BCUT2D eigenvalue weighted by Gasteiger charge is 2.23. The third-order valence-corrected chi connectivity index (χ3v) is 6.30. The number of aromatic carboxylic acids is 1. The molecule has 2 aromatic heterocycles. The zero-order valence-electron chi connectivity index (χ0n) is 20.9. The highest BCUT2D eigenvalue weighted by Crippen LogP contribution is 2.35. The summed E-state index contributed by atoms with van der Waals surface area (Å²) in [5.74, 6) is 0.446. The van der Waals surface area contributed by atoms with Crippen molar-refractivity contribution in [2.45, 2.75) is 39.3 Å². The van der Waals surface area contributed by atoms with Crippen LogP contribution in [0.1, 0.15) is 42.6 Å². The Morgan fingerprint density at radius 1 is 1.14 bits per heavy atom. The smallest absolute Gasteiger partial charge is 0.335 e. The quantitative estimate of drug-likeness (QED) is 0.326. The molecule has 0 saturated carbocycles. The maximum atomic E-state index is 11.2. The largest absolute Gasteiger partial charge is 0.491 e. The molecule has 1 aliphatic rings. The summed E-state index contributed by atoms with van der Waals surface area (Å²) in [6.07, 6.45) is 4.98. The molecule has 1 aliphatic heterocycles. The van der Waals surface area contributed by atoms with Crippen LogP contribution >= 0.6 is 0 Å². The maximum absolute atomic E-state index is 11.2. The van der Waals surface area contributed by atoms with Crippen molar-refractivity contribution in [3.8, 4) is 17.2 Å². The van der Waals surface area contributed by atoms with Gasteiger partial charge in [-0.25, -0.2) is 14.5 Å². The molecule has 2 aromatic carbocycles. The lowest BCUT2D eigenvalue weighted by atomic mass is 10.0. The molecule has 5 rings (SSSR count). The van der Waals surface area contributed by atoms with Crippen LogP contribution in [0, 0.1) is 0 Å². The molecule has 194 valence electrons. The van der Waals surface area contributed by atoms with Gasteiger partial charge >= 0.3 is 5.97 Å². The number of anilines is 1. The molecule has 1 saturated heterocycles. The van der Waals surface area contributed by atoms with Crippen LogP contribution in [0.25, 0.3) is 16.8 Å². The second kappa shape index (κ2) is 10.9. The number of carboxylic acid groups (broad SMARTS) is 1. The van der Waals surface area contributed by atoms with E-state index in [4.69, 9.17) is 13.9 Å². The van der Waals surface area contributed by atoms with Crippen LogP contribution < -0.4 is 14.8 Å². The van der Waals surface area contributed by atoms with E-state index in [1.807, 2.05) is 13.8 Å². The van der Waals surface area contributed by atoms with Crippen molar-refractivity contribution in [1.82, 2.24) is 24.6 Å². The van der Waals surface area contributed by atoms with Crippen molar-refractivity contribution in [2.75, 3.05) is 31.6 Å². The van der Waals surface area contributed by atoms with Gasteiger partial charge in [-0.15, -0.1) is 0 Å². The van der Waals surface area contributed by atoms with Crippen LogP contribution in [0.3, 0.4) is 0 Å². The second-order valence-corrected chi connectivity index (χ2v) is 8.85. The van der Waals surface area contributed by atoms with E-state index in [1.165, 1.54) is 18.5 Å². The predicted molar refractivity (Wildman–Crippen MR) is 137 cm³/mol. The van der Waals surface area contributed by atoms with Gasteiger partial charge in [0.15, 0.2) is 11.3 Å². The van der Waals surface area contributed by atoms with E-state index >= 15 is 0 Å². The van der Waals surface area contributed by atoms with E-state index in [0.29, 0.717) is 41.8 Å². The number of oxazole rings is 1. The third kappa shape index (κ3) is 5.51. The highest BCUT2D eigenvalue weighted by molar-refractivity contribution is 5.92. The summed E-state index contributed by atoms with van der Waals surface area (Å²) in [4.78, 5) is 22.1. The minimum Gasteiger partial charge on any atom is -0.491 e. The minimum atomic E-state index is -0.985. The van der Waals surface area contributed by atoms with E-state index in [0.717, 1.165) is 43.7 Å². The van der Waals surface area contributed by atoms with E-state index in [1.54, 1.807) is 17.1 Å². The fraction of sp³-hybridized carbons (Fsp3) is 0.385. The van der Waals surface area contributed by atoms with Gasteiger partial charge in [-0.3, -0.25) is 4.90 Å². The number of nitrogens with one attached hydrogen (secondary N) is 1. The monoisotopic (exact) mass is 506 g/mol. The van der Waals surface area contributed by atoms with Gasteiger partial charge < -0.3 is 24.3 Å². The topological polar surface area (TPSA) is 128 Å². The lowest BCUT2D eigenvalue weighted by molar-refractivity contribution is 0.0697. The van der Waals surface area contributed by atoms with Crippen LogP contribution in [0.2, 0.25) is 0 Å². The highest BCUT2D eigenvalue weighted by atomic mass is 16.5. The number of ether oxygens (including phenoxy) is 2. The van der Waals surface area contributed by atoms with Crippen molar-refractivity contribution < 1.29 is 23.8 Å². The molecule has 37 heavy (non-hydrogen) atoms. The van der Waals surface area contributed by atoms with Gasteiger partial charge in [-0.2, -0.15) is 10.1 Å². The Labute approximate surface area is 214 Å². The van der Waals surface area contributed by atoms with Gasteiger partial charge in [-0.05, 0) is 62.6 Å². The van der Waals surface area contributed by atoms with Gasteiger partial charge in [0, 0.05) is 25.7 Å². The maximum Gasteiger partial charge on any atom is 0.335 e. The number of aromatic nitrogens is 4. The summed E-state index contributed by atoms with van der Waals surface area (Å²) >= 11 is 0. The predicted octanol–water partition coefficient (Wildman–Crippen LogP) is 3.98. The van der Waals surface area contributed by atoms with Crippen LogP contribution in [-0.4, -0.2) is 68.1 Å². The molecule has 0 spiro atoms. The zero-order chi connectivity index (χ0) is 25.8. The molecule has 3 heterocycles. The normalized spacial score (nSPS) is 14.6. The molecule has 11 nitrogen and oxygen atoms in total. The summed E-state index contributed by atoms with van der Waals surface area (Å²) in [6, 6.07) is 9.42. The number of likely N-dealkylation sites (tertiary alicyclic amines) is 1. The molecule has 0 aliphatic carbocycles. The molecule has 0 radical (unpaired) electrons. The summed E-state index contributed by atoms with van der Waals surface area (Å²) in [5, 5.41) is 16.8. The molecule has 1 fully saturated rings. The van der Waals surface area contributed by atoms with E-state index in [9.17, 15) is 9.90 Å².